The van der Waals surface area contributed by atoms with Crippen molar-refractivity contribution in [1.82, 2.24) is 10.2 Å². The Balaban J connectivity index is 1.34. The van der Waals surface area contributed by atoms with Gasteiger partial charge in [-0.3, -0.25) is 9.59 Å². The number of nitrogens with two attached hydrogens (primary N) is 1. The Morgan fingerprint density at radius 1 is 1.11 bits per heavy atom. The topological polar surface area (TPSA) is 78.7 Å². The van der Waals surface area contributed by atoms with Gasteiger partial charge in [-0.05, 0) is 43.0 Å². The first-order valence-electron chi connectivity index (χ1n) is 9.83. The van der Waals surface area contributed by atoms with Crippen LogP contribution in [0, 0.1) is 11.7 Å². The summed E-state index contributed by atoms with van der Waals surface area (Å²) in [5, 5.41) is 2.85. The van der Waals surface area contributed by atoms with E-state index in [1.165, 1.54) is 12.1 Å². The zero-order chi connectivity index (χ0) is 19.2. The highest BCUT2D eigenvalue weighted by atomic mass is 19.1. The molecule has 0 bridgehead atoms. The maximum atomic E-state index is 13.0. The molecule has 1 aromatic rings. The van der Waals surface area contributed by atoms with Gasteiger partial charge in [0.15, 0.2) is 0 Å². The van der Waals surface area contributed by atoms with E-state index in [0.717, 1.165) is 38.0 Å². The molecule has 6 nitrogen and oxygen atoms in total. The molecule has 1 saturated heterocycles. The first-order chi connectivity index (χ1) is 13.0. The van der Waals surface area contributed by atoms with Crippen LogP contribution in [0.5, 0.6) is 0 Å². The van der Waals surface area contributed by atoms with Gasteiger partial charge in [0.2, 0.25) is 11.8 Å². The number of benzene rings is 1. The molecule has 2 atom stereocenters. The summed E-state index contributed by atoms with van der Waals surface area (Å²) < 4.78 is 13.0. The number of carbonyl (C=O) groups excluding carboxylic acids is 2. The van der Waals surface area contributed by atoms with Crippen LogP contribution in [0.3, 0.4) is 0 Å². The van der Waals surface area contributed by atoms with Gasteiger partial charge in [0.1, 0.15) is 5.82 Å². The molecule has 2 aliphatic rings. The van der Waals surface area contributed by atoms with Crippen LogP contribution in [-0.2, 0) is 9.59 Å². The number of nitrogens with zero attached hydrogens (tertiary/aromatic N) is 2. The van der Waals surface area contributed by atoms with Crippen LogP contribution in [0.25, 0.3) is 0 Å². The van der Waals surface area contributed by atoms with Crippen LogP contribution in [-0.4, -0.2) is 55.5 Å². The van der Waals surface area contributed by atoms with E-state index in [-0.39, 0.29) is 29.6 Å². The second kappa shape index (κ2) is 9.17. The van der Waals surface area contributed by atoms with Crippen molar-refractivity contribution in [2.45, 2.75) is 38.1 Å². The average molecular weight is 376 g/mol. The van der Waals surface area contributed by atoms with Crippen molar-refractivity contribution < 1.29 is 14.0 Å². The summed E-state index contributed by atoms with van der Waals surface area (Å²) in [4.78, 5) is 28.3. The lowest BCUT2D eigenvalue weighted by Gasteiger charge is -2.36. The fourth-order valence-electron chi connectivity index (χ4n) is 3.96. The molecule has 3 N–H and O–H groups in total. The summed E-state index contributed by atoms with van der Waals surface area (Å²) in [5.74, 6) is 0.0858. The van der Waals surface area contributed by atoms with Crippen LogP contribution in [0.15, 0.2) is 24.3 Å². The molecular weight excluding hydrogens is 347 g/mol. The van der Waals surface area contributed by atoms with Gasteiger partial charge >= 0.3 is 0 Å². The van der Waals surface area contributed by atoms with Gasteiger partial charge in [-0.25, -0.2) is 4.39 Å². The van der Waals surface area contributed by atoms with Crippen molar-refractivity contribution in [2.75, 3.05) is 37.6 Å². The number of anilines is 1. The number of hydrogen-bond acceptors (Lipinski definition) is 4. The van der Waals surface area contributed by atoms with Crippen molar-refractivity contribution in [3.63, 3.8) is 0 Å². The molecule has 1 aliphatic carbocycles. The monoisotopic (exact) mass is 376 g/mol. The van der Waals surface area contributed by atoms with E-state index in [1.807, 2.05) is 4.90 Å². The Hall–Kier alpha value is -2.15. The van der Waals surface area contributed by atoms with E-state index in [0.29, 0.717) is 32.5 Å². The molecule has 1 saturated carbocycles. The Morgan fingerprint density at radius 2 is 1.81 bits per heavy atom. The van der Waals surface area contributed by atoms with E-state index in [2.05, 4.69) is 10.2 Å². The predicted octanol–water partition coefficient (Wildman–Crippen LogP) is 1.50. The summed E-state index contributed by atoms with van der Waals surface area (Å²) in [5.41, 5.74) is 6.97. The van der Waals surface area contributed by atoms with Crippen LogP contribution in [0.2, 0.25) is 0 Å². The number of piperazine rings is 1. The van der Waals surface area contributed by atoms with Crippen LogP contribution in [0.4, 0.5) is 10.1 Å². The molecule has 2 amide bonds. The summed E-state index contributed by atoms with van der Waals surface area (Å²) in [7, 11) is 0. The molecule has 1 heterocycles. The van der Waals surface area contributed by atoms with Crippen molar-refractivity contribution in [3.8, 4) is 0 Å². The standard InChI is InChI=1S/C20H29FN4O2/c21-16-4-6-17(7-5-16)24-10-12-25(13-11-24)20(27)8-9-23-19(26)14-15-2-1-3-18(15)22/h4-7,15,18H,1-3,8-14,22H2,(H,23,26)/t15-,18+/m0/s1. The summed E-state index contributed by atoms with van der Waals surface area (Å²) in [6, 6.07) is 6.56. The van der Waals surface area contributed by atoms with Gasteiger partial charge in [0, 0.05) is 57.3 Å². The summed E-state index contributed by atoms with van der Waals surface area (Å²) in [6.07, 6.45) is 3.90. The predicted molar refractivity (Wildman–Crippen MR) is 103 cm³/mol. The number of hydrogen-bond donors (Lipinski definition) is 2. The number of amides is 2. The van der Waals surface area contributed by atoms with Gasteiger partial charge in [-0.15, -0.1) is 0 Å². The zero-order valence-electron chi connectivity index (χ0n) is 15.7. The minimum absolute atomic E-state index is 0.00807. The van der Waals surface area contributed by atoms with Crippen molar-refractivity contribution in [1.29, 1.82) is 0 Å². The fourth-order valence-corrected chi connectivity index (χ4v) is 3.96. The minimum Gasteiger partial charge on any atom is -0.368 e. The lowest BCUT2D eigenvalue weighted by molar-refractivity contribution is -0.131. The number of carbonyl (C=O) groups is 2. The number of rotatable bonds is 6. The smallest absolute Gasteiger partial charge is 0.224 e. The van der Waals surface area contributed by atoms with E-state index < -0.39 is 0 Å². The summed E-state index contributed by atoms with van der Waals surface area (Å²) >= 11 is 0. The normalized spacial score (nSPS) is 22.7. The van der Waals surface area contributed by atoms with Gasteiger partial charge in [-0.2, -0.15) is 0 Å². The molecule has 0 radical (unpaired) electrons. The van der Waals surface area contributed by atoms with Crippen LogP contribution >= 0.6 is 0 Å². The first-order valence-corrected chi connectivity index (χ1v) is 9.83. The lowest BCUT2D eigenvalue weighted by Crippen LogP contribution is -2.49. The van der Waals surface area contributed by atoms with Gasteiger partial charge in [-0.1, -0.05) is 6.42 Å². The zero-order valence-corrected chi connectivity index (χ0v) is 15.7. The molecule has 0 spiro atoms. The SMILES string of the molecule is N[C@@H]1CCC[C@H]1CC(=O)NCCC(=O)N1CCN(c2ccc(F)cc2)CC1. The molecule has 0 unspecified atom stereocenters. The third-order valence-corrected chi connectivity index (χ3v) is 5.65. The lowest BCUT2D eigenvalue weighted by atomic mass is 10.00. The van der Waals surface area contributed by atoms with Crippen molar-refractivity contribution in [2.24, 2.45) is 11.7 Å². The minimum atomic E-state index is -0.246. The molecule has 0 aromatic heterocycles. The number of halogens is 1. The van der Waals surface area contributed by atoms with E-state index in [9.17, 15) is 14.0 Å². The highest BCUT2D eigenvalue weighted by Gasteiger charge is 2.26. The molecule has 1 aromatic carbocycles. The fraction of sp³-hybridized carbons (Fsp3) is 0.600. The van der Waals surface area contributed by atoms with Crippen molar-refractivity contribution >= 4 is 17.5 Å². The molecule has 7 heteroatoms. The molecule has 27 heavy (non-hydrogen) atoms. The number of nitrogens with one attached hydrogen (secondary N) is 1. The molecule has 1 aliphatic heterocycles. The molecule has 3 rings (SSSR count). The Kier molecular flexibility index (Phi) is 6.66. The van der Waals surface area contributed by atoms with E-state index in [1.54, 1.807) is 12.1 Å². The maximum absolute atomic E-state index is 13.0. The largest absolute Gasteiger partial charge is 0.368 e. The van der Waals surface area contributed by atoms with Crippen LogP contribution < -0.4 is 16.0 Å². The summed E-state index contributed by atoms with van der Waals surface area (Å²) in [6.45, 7) is 3.10. The molecule has 148 valence electrons. The Bertz CT molecular complexity index is 644. The van der Waals surface area contributed by atoms with Gasteiger partial charge < -0.3 is 20.9 Å². The highest BCUT2D eigenvalue weighted by Crippen LogP contribution is 2.26. The Morgan fingerprint density at radius 3 is 2.44 bits per heavy atom. The third kappa shape index (κ3) is 5.42. The second-order valence-corrected chi connectivity index (χ2v) is 7.50. The molecule has 2 fully saturated rings. The highest BCUT2D eigenvalue weighted by molar-refractivity contribution is 5.79. The first kappa shape index (κ1) is 19.6. The van der Waals surface area contributed by atoms with E-state index in [4.69, 9.17) is 5.73 Å². The maximum Gasteiger partial charge on any atom is 0.224 e. The average Bonchev–Trinajstić information content (AvgIpc) is 3.07. The quantitative estimate of drug-likeness (QED) is 0.789. The Labute approximate surface area is 159 Å². The van der Waals surface area contributed by atoms with Crippen LogP contribution in [0.1, 0.15) is 32.1 Å². The van der Waals surface area contributed by atoms with Crippen molar-refractivity contribution in [3.05, 3.63) is 30.1 Å². The third-order valence-electron chi connectivity index (χ3n) is 5.65. The van der Waals surface area contributed by atoms with E-state index >= 15 is 0 Å². The second-order valence-electron chi connectivity index (χ2n) is 7.50. The van der Waals surface area contributed by atoms with Gasteiger partial charge in [0.05, 0.1) is 0 Å². The molecular formula is C20H29FN4O2. The van der Waals surface area contributed by atoms with Gasteiger partial charge in [0.25, 0.3) is 0 Å².